The molecular formula is C12H14N4O2S. The van der Waals surface area contributed by atoms with Crippen molar-refractivity contribution in [2.45, 2.75) is 6.42 Å². The Balaban J connectivity index is 1.82. The molecule has 1 heterocycles. The van der Waals surface area contributed by atoms with Crippen LogP contribution in [0.1, 0.15) is 15.4 Å². The topological polar surface area (TPSA) is 87.1 Å². The van der Waals surface area contributed by atoms with Crippen LogP contribution < -0.4 is 10.6 Å². The maximum atomic E-state index is 11.7. The highest BCUT2D eigenvalue weighted by molar-refractivity contribution is 7.17. The summed E-state index contributed by atoms with van der Waals surface area (Å²) in [5.74, 6) is 0.0130. The van der Waals surface area contributed by atoms with Crippen LogP contribution in [0.4, 0.5) is 5.13 Å². The summed E-state index contributed by atoms with van der Waals surface area (Å²) in [6, 6.07) is 6.90. The number of hydrogen-bond acceptors (Lipinski definition) is 6. The van der Waals surface area contributed by atoms with Gasteiger partial charge in [-0.15, -0.1) is 10.2 Å². The molecule has 0 saturated carbocycles. The van der Waals surface area contributed by atoms with E-state index in [1.54, 1.807) is 19.2 Å². The fourth-order valence-corrected chi connectivity index (χ4v) is 2.09. The second-order valence-corrected chi connectivity index (χ2v) is 4.81. The smallest absolute Gasteiger partial charge is 0.282 e. The number of phenols is 1. The summed E-state index contributed by atoms with van der Waals surface area (Å²) >= 11 is 1.21. The standard InChI is InChI=1S/C12H14N4O2S/c1-13-12-16-15-11(19-12)10(18)14-7-6-8-2-4-9(17)5-3-8/h2-5,17H,6-7H2,1H3,(H,13,16)(H,14,18). The Kier molecular flexibility index (Phi) is 4.30. The normalized spacial score (nSPS) is 10.2. The number of benzene rings is 1. The first kappa shape index (κ1) is 13.3. The Morgan fingerprint density at radius 3 is 2.68 bits per heavy atom. The van der Waals surface area contributed by atoms with Crippen molar-refractivity contribution in [3.05, 3.63) is 34.8 Å². The molecule has 0 saturated heterocycles. The van der Waals surface area contributed by atoms with Crippen LogP contribution in [-0.4, -0.2) is 34.8 Å². The molecule has 1 aromatic carbocycles. The van der Waals surface area contributed by atoms with Gasteiger partial charge in [0.25, 0.3) is 5.91 Å². The van der Waals surface area contributed by atoms with Crippen LogP contribution >= 0.6 is 11.3 Å². The maximum absolute atomic E-state index is 11.7. The van der Waals surface area contributed by atoms with E-state index in [0.717, 1.165) is 5.56 Å². The Bertz CT molecular complexity index is 553. The Labute approximate surface area is 114 Å². The van der Waals surface area contributed by atoms with Crippen molar-refractivity contribution in [3.8, 4) is 5.75 Å². The number of carbonyl (C=O) groups is 1. The summed E-state index contributed by atoms with van der Waals surface area (Å²) in [5, 5.41) is 23.3. The minimum absolute atomic E-state index is 0.224. The van der Waals surface area contributed by atoms with Crippen LogP contribution in [-0.2, 0) is 6.42 Å². The summed E-state index contributed by atoms with van der Waals surface area (Å²) in [5.41, 5.74) is 1.05. The molecule has 0 aliphatic heterocycles. The summed E-state index contributed by atoms with van der Waals surface area (Å²) in [6.07, 6.45) is 0.698. The van der Waals surface area contributed by atoms with E-state index in [-0.39, 0.29) is 11.7 Å². The lowest BCUT2D eigenvalue weighted by Gasteiger charge is -2.03. The molecule has 2 rings (SSSR count). The first-order chi connectivity index (χ1) is 9.19. The lowest BCUT2D eigenvalue weighted by atomic mass is 10.1. The molecule has 0 fully saturated rings. The zero-order chi connectivity index (χ0) is 13.7. The van der Waals surface area contributed by atoms with Crippen LogP contribution in [0.3, 0.4) is 0 Å². The Morgan fingerprint density at radius 2 is 2.05 bits per heavy atom. The van der Waals surface area contributed by atoms with Crippen molar-refractivity contribution in [3.63, 3.8) is 0 Å². The number of nitrogens with one attached hydrogen (secondary N) is 2. The minimum atomic E-state index is -0.224. The molecule has 1 amide bonds. The van der Waals surface area contributed by atoms with Gasteiger partial charge in [-0.2, -0.15) is 0 Å². The monoisotopic (exact) mass is 278 g/mol. The van der Waals surface area contributed by atoms with Crippen LogP contribution in [0.2, 0.25) is 0 Å². The summed E-state index contributed by atoms with van der Waals surface area (Å²) < 4.78 is 0. The number of aromatic hydroxyl groups is 1. The molecule has 0 spiro atoms. The third kappa shape index (κ3) is 3.65. The molecular weight excluding hydrogens is 264 g/mol. The number of rotatable bonds is 5. The van der Waals surface area contributed by atoms with E-state index in [1.165, 1.54) is 11.3 Å². The molecule has 19 heavy (non-hydrogen) atoms. The van der Waals surface area contributed by atoms with Crippen molar-refractivity contribution in [2.75, 3.05) is 18.9 Å². The van der Waals surface area contributed by atoms with E-state index in [0.29, 0.717) is 23.1 Å². The maximum Gasteiger partial charge on any atom is 0.282 e. The van der Waals surface area contributed by atoms with Crippen LogP contribution in [0, 0.1) is 0 Å². The largest absolute Gasteiger partial charge is 0.508 e. The fraction of sp³-hybridized carbons (Fsp3) is 0.250. The highest BCUT2D eigenvalue weighted by atomic mass is 32.1. The summed E-state index contributed by atoms with van der Waals surface area (Å²) in [6.45, 7) is 0.512. The van der Waals surface area contributed by atoms with Gasteiger partial charge in [-0.1, -0.05) is 23.5 Å². The van der Waals surface area contributed by atoms with E-state index in [1.807, 2.05) is 12.1 Å². The highest BCUT2D eigenvalue weighted by Gasteiger charge is 2.11. The van der Waals surface area contributed by atoms with Gasteiger partial charge in [-0.05, 0) is 24.1 Å². The molecule has 0 radical (unpaired) electrons. The van der Waals surface area contributed by atoms with Gasteiger partial charge in [0.05, 0.1) is 0 Å². The number of hydrogen-bond donors (Lipinski definition) is 3. The quantitative estimate of drug-likeness (QED) is 0.766. The summed E-state index contributed by atoms with van der Waals surface area (Å²) in [7, 11) is 1.73. The lowest BCUT2D eigenvalue weighted by Crippen LogP contribution is -2.25. The second-order valence-electron chi connectivity index (χ2n) is 3.83. The minimum Gasteiger partial charge on any atom is -0.508 e. The van der Waals surface area contributed by atoms with Crippen LogP contribution in [0.5, 0.6) is 5.75 Å². The third-order valence-electron chi connectivity index (χ3n) is 2.47. The molecule has 3 N–H and O–H groups in total. The van der Waals surface area contributed by atoms with Crippen LogP contribution in [0.25, 0.3) is 0 Å². The van der Waals surface area contributed by atoms with Crippen molar-refractivity contribution < 1.29 is 9.90 Å². The van der Waals surface area contributed by atoms with E-state index in [9.17, 15) is 4.79 Å². The number of anilines is 1. The van der Waals surface area contributed by atoms with E-state index in [2.05, 4.69) is 20.8 Å². The predicted molar refractivity (Wildman–Crippen MR) is 73.6 cm³/mol. The van der Waals surface area contributed by atoms with Crippen LogP contribution in [0.15, 0.2) is 24.3 Å². The van der Waals surface area contributed by atoms with Crippen molar-refractivity contribution in [1.82, 2.24) is 15.5 Å². The van der Waals surface area contributed by atoms with Gasteiger partial charge in [0.1, 0.15) is 5.75 Å². The van der Waals surface area contributed by atoms with E-state index < -0.39 is 0 Å². The lowest BCUT2D eigenvalue weighted by molar-refractivity contribution is 0.0953. The van der Waals surface area contributed by atoms with Crippen molar-refractivity contribution in [2.24, 2.45) is 0 Å². The molecule has 2 aromatic rings. The van der Waals surface area contributed by atoms with Gasteiger partial charge in [0, 0.05) is 13.6 Å². The zero-order valence-corrected chi connectivity index (χ0v) is 11.2. The Hall–Kier alpha value is -2.15. The number of carbonyl (C=O) groups excluding carboxylic acids is 1. The van der Waals surface area contributed by atoms with Gasteiger partial charge < -0.3 is 15.7 Å². The van der Waals surface area contributed by atoms with E-state index >= 15 is 0 Å². The number of phenolic OH excluding ortho intramolecular Hbond substituents is 1. The first-order valence-electron chi connectivity index (χ1n) is 5.76. The molecule has 0 bridgehead atoms. The molecule has 0 aliphatic carbocycles. The van der Waals surface area contributed by atoms with Gasteiger partial charge >= 0.3 is 0 Å². The fourth-order valence-electron chi connectivity index (χ4n) is 1.47. The molecule has 6 nitrogen and oxygen atoms in total. The van der Waals surface area contributed by atoms with Gasteiger partial charge in [0.15, 0.2) is 0 Å². The van der Waals surface area contributed by atoms with Gasteiger partial charge in [0.2, 0.25) is 10.1 Å². The van der Waals surface area contributed by atoms with E-state index in [4.69, 9.17) is 5.11 Å². The number of aromatic nitrogens is 2. The second kappa shape index (κ2) is 6.14. The van der Waals surface area contributed by atoms with Crippen molar-refractivity contribution in [1.29, 1.82) is 0 Å². The first-order valence-corrected chi connectivity index (χ1v) is 6.58. The Morgan fingerprint density at radius 1 is 1.32 bits per heavy atom. The highest BCUT2D eigenvalue weighted by Crippen LogP contribution is 2.14. The molecule has 0 aliphatic rings. The third-order valence-corrected chi connectivity index (χ3v) is 3.41. The molecule has 100 valence electrons. The molecule has 0 unspecified atom stereocenters. The number of nitrogens with zero attached hydrogens (tertiary/aromatic N) is 2. The average Bonchev–Trinajstić information content (AvgIpc) is 2.90. The average molecular weight is 278 g/mol. The summed E-state index contributed by atoms with van der Waals surface area (Å²) in [4.78, 5) is 11.7. The molecule has 0 atom stereocenters. The van der Waals surface area contributed by atoms with Gasteiger partial charge in [-0.3, -0.25) is 4.79 Å². The SMILES string of the molecule is CNc1nnc(C(=O)NCCc2ccc(O)cc2)s1. The molecule has 7 heteroatoms. The number of amides is 1. The molecule has 1 aromatic heterocycles. The van der Waals surface area contributed by atoms with Gasteiger partial charge in [-0.25, -0.2) is 0 Å². The predicted octanol–water partition coefficient (Wildman–Crippen LogP) is 1.26. The zero-order valence-electron chi connectivity index (χ0n) is 10.4. The van der Waals surface area contributed by atoms with Crippen molar-refractivity contribution >= 4 is 22.4 Å².